The highest BCUT2D eigenvalue weighted by molar-refractivity contribution is 5.34. The van der Waals surface area contributed by atoms with E-state index >= 15 is 0 Å². The van der Waals surface area contributed by atoms with E-state index < -0.39 is 0 Å². The molecule has 0 rings (SSSR count). The van der Waals surface area contributed by atoms with Crippen LogP contribution in [0.3, 0.4) is 0 Å². The molecule has 0 aromatic heterocycles. The minimum atomic E-state index is 0.0752. The maximum atomic E-state index is 8.29. The molecule has 3 nitrogen and oxygen atoms in total. The molecule has 0 saturated carbocycles. The van der Waals surface area contributed by atoms with E-state index in [1.807, 2.05) is 6.92 Å². The van der Waals surface area contributed by atoms with Crippen LogP contribution in [0.2, 0.25) is 0 Å². The Kier molecular flexibility index (Phi) is 4.27. The van der Waals surface area contributed by atoms with E-state index in [1.165, 1.54) is 6.20 Å². The first kappa shape index (κ1) is 9.26. The van der Waals surface area contributed by atoms with Gasteiger partial charge in [0.15, 0.2) is 0 Å². The predicted octanol–water partition coefficient (Wildman–Crippen LogP) is 1.08. The third-order valence-electron chi connectivity index (χ3n) is 0.891. The van der Waals surface area contributed by atoms with Gasteiger partial charge < -0.3 is 5.32 Å². The zero-order valence-electron chi connectivity index (χ0n) is 6.39. The number of nitrogens with one attached hydrogen (secondary N) is 1. The molecule has 0 heterocycles. The fourth-order valence-electron chi connectivity index (χ4n) is 0.417. The Hall–Kier alpha value is -1.74. The number of nitrogens with zero attached hydrogens (tertiary/aromatic N) is 2. The van der Waals surface area contributed by atoms with Gasteiger partial charge in [0.25, 0.3) is 0 Å². The van der Waals surface area contributed by atoms with E-state index in [4.69, 9.17) is 10.5 Å². The zero-order valence-corrected chi connectivity index (χ0v) is 6.39. The molecule has 0 aromatic rings. The molecule has 11 heavy (non-hydrogen) atoms. The van der Waals surface area contributed by atoms with E-state index in [9.17, 15) is 0 Å². The monoisotopic (exact) mass is 147 g/mol. The summed E-state index contributed by atoms with van der Waals surface area (Å²) in [5.74, 6) is 0. The van der Waals surface area contributed by atoms with Gasteiger partial charge >= 0.3 is 0 Å². The van der Waals surface area contributed by atoms with Crippen molar-refractivity contribution in [1.29, 1.82) is 10.5 Å². The van der Waals surface area contributed by atoms with Crippen LogP contribution in [-0.2, 0) is 0 Å². The maximum absolute atomic E-state index is 8.29. The van der Waals surface area contributed by atoms with Crippen LogP contribution in [0.1, 0.15) is 6.92 Å². The Morgan fingerprint density at radius 1 is 1.55 bits per heavy atom. The molecule has 0 unspecified atom stereocenters. The van der Waals surface area contributed by atoms with Crippen LogP contribution in [0.25, 0.3) is 0 Å². The molecule has 0 aliphatic rings. The summed E-state index contributed by atoms with van der Waals surface area (Å²) in [6, 6.07) is 3.47. The molecule has 56 valence electrons. The van der Waals surface area contributed by atoms with Crippen molar-refractivity contribution >= 4 is 0 Å². The third kappa shape index (κ3) is 4.74. The molecule has 1 N–H and O–H groups in total. The smallest absolute Gasteiger partial charge is 0.145 e. The van der Waals surface area contributed by atoms with Crippen LogP contribution < -0.4 is 5.32 Å². The Morgan fingerprint density at radius 3 is 2.45 bits per heavy atom. The number of hydrogen-bond donors (Lipinski definition) is 1. The summed E-state index contributed by atoms with van der Waals surface area (Å²) >= 11 is 0. The minimum absolute atomic E-state index is 0.0752. The largest absolute Gasteiger partial charge is 0.386 e. The predicted molar refractivity (Wildman–Crippen MR) is 42.1 cm³/mol. The second-order valence-electron chi connectivity index (χ2n) is 2.12. The lowest BCUT2D eigenvalue weighted by Gasteiger charge is -1.96. The second-order valence-corrected chi connectivity index (χ2v) is 2.12. The number of allylic oxidation sites excluding steroid dienone is 1. The van der Waals surface area contributed by atoms with Crippen molar-refractivity contribution in [2.24, 2.45) is 0 Å². The van der Waals surface area contributed by atoms with Crippen molar-refractivity contribution < 1.29 is 0 Å². The van der Waals surface area contributed by atoms with E-state index in [0.717, 1.165) is 5.57 Å². The van der Waals surface area contributed by atoms with Crippen molar-refractivity contribution in [2.45, 2.75) is 6.92 Å². The van der Waals surface area contributed by atoms with E-state index in [0.29, 0.717) is 6.54 Å². The average molecular weight is 147 g/mol. The molecule has 0 fully saturated rings. The standard InChI is InChI=1S/C8H9N3/c1-7(2)5-11-6-8(3-9)4-10/h6,11H,1,5H2,2H3. The first-order valence-electron chi connectivity index (χ1n) is 3.09. The summed E-state index contributed by atoms with van der Waals surface area (Å²) in [7, 11) is 0. The molecular formula is C8H9N3. The average Bonchev–Trinajstić information content (AvgIpc) is 1.98. The summed E-state index contributed by atoms with van der Waals surface area (Å²) in [4.78, 5) is 0. The molecule has 0 radical (unpaired) electrons. The maximum Gasteiger partial charge on any atom is 0.145 e. The van der Waals surface area contributed by atoms with Gasteiger partial charge in [0.1, 0.15) is 17.7 Å². The van der Waals surface area contributed by atoms with Gasteiger partial charge in [-0.05, 0) is 6.92 Å². The Labute approximate surface area is 66.2 Å². The molecule has 0 aliphatic heterocycles. The lowest BCUT2D eigenvalue weighted by atomic mass is 10.3. The molecule has 3 heteroatoms. The number of rotatable bonds is 3. The van der Waals surface area contributed by atoms with Gasteiger partial charge in [-0.2, -0.15) is 10.5 Å². The van der Waals surface area contributed by atoms with E-state index in [2.05, 4.69) is 11.9 Å². The Balaban J connectivity index is 3.86. The quantitative estimate of drug-likeness (QED) is 0.480. The summed E-state index contributed by atoms with van der Waals surface area (Å²) in [5.41, 5.74) is 1.03. The van der Waals surface area contributed by atoms with Gasteiger partial charge in [0, 0.05) is 12.7 Å². The minimum Gasteiger partial charge on any atom is -0.386 e. The zero-order chi connectivity index (χ0) is 8.69. The fraction of sp³-hybridized carbons (Fsp3) is 0.250. The highest BCUT2D eigenvalue weighted by Gasteiger charge is 1.88. The van der Waals surface area contributed by atoms with E-state index in [1.54, 1.807) is 12.1 Å². The van der Waals surface area contributed by atoms with Crippen molar-refractivity contribution in [1.82, 2.24) is 5.32 Å². The van der Waals surface area contributed by atoms with E-state index in [-0.39, 0.29) is 5.57 Å². The summed E-state index contributed by atoms with van der Waals surface area (Å²) in [5, 5.41) is 19.4. The molecule has 0 atom stereocenters. The molecule has 0 spiro atoms. The first-order chi connectivity index (χ1) is 5.20. The molecular weight excluding hydrogens is 138 g/mol. The van der Waals surface area contributed by atoms with Crippen molar-refractivity contribution in [3.05, 3.63) is 23.9 Å². The van der Waals surface area contributed by atoms with Crippen LogP contribution >= 0.6 is 0 Å². The van der Waals surface area contributed by atoms with Gasteiger partial charge in [0.05, 0.1) is 0 Å². The lowest BCUT2D eigenvalue weighted by molar-refractivity contribution is 0.936. The second kappa shape index (κ2) is 5.08. The SMILES string of the molecule is C=C(C)CNC=C(C#N)C#N. The first-order valence-corrected chi connectivity index (χ1v) is 3.09. The van der Waals surface area contributed by atoms with Gasteiger partial charge in [-0.1, -0.05) is 12.2 Å². The topological polar surface area (TPSA) is 59.6 Å². The molecule has 0 aliphatic carbocycles. The van der Waals surface area contributed by atoms with Crippen molar-refractivity contribution in [2.75, 3.05) is 6.54 Å². The lowest BCUT2D eigenvalue weighted by Crippen LogP contribution is -2.07. The van der Waals surface area contributed by atoms with Crippen LogP contribution in [0.15, 0.2) is 23.9 Å². The third-order valence-corrected chi connectivity index (χ3v) is 0.891. The van der Waals surface area contributed by atoms with Crippen molar-refractivity contribution in [3.8, 4) is 12.1 Å². The van der Waals surface area contributed by atoms with Gasteiger partial charge in [-0.15, -0.1) is 0 Å². The fourth-order valence-corrected chi connectivity index (χ4v) is 0.417. The Bertz CT molecular complexity index is 233. The van der Waals surface area contributed by atoms with Gasteiger partial charge in [-0.3, -0.25) is 0 Å². The normalized spacial score (nSPS) is 7.18. The van der Waals surface area contributed by atoms with Crippen LogP contribution in [0.5, 0.6) is 0 Å². The van der Waals surface area contributed by atoms with Crippen molar-refractivity contribution in [3.63, 3.8) is 0 Å². The highest BCUT2D eigenvalue weighted by atomic mass is 14.8. The molecule has 0 bridgehead atoms. The number of nitriles is 2. The van der Waals surface area contributed by atoms with Crippen LogP contribution in [-0.4, -0.2) is 6.54 Å². The summed E-state index contributed by atoms with van der Waals surface area (Å²) in [6.45, 7) is 6.10. The Morgan fingerprint density at radius 2 is 2.09 bits per heavy atom. The summed E-state index contributed by atoms with van der Waals surface area (Å²) < 4.78 is 0. The van der Waals surface area contributed by atoms with Gasteiger partial charge in [0.2, 0.25) is 0 Å². The number of hydrogen-bond acceptors (Lipinski definition) is 3. The highest BCUT2D eigenvalue weighted by Crippen LogP contribution is 1.86. The molecule has 0 saturated heterocycles. The molecule has 0 amide bonds. The molecule has 0 aromatic carbocycles. The summed E-state index contributed by atoms with van der Waals surface area (Å²) in [6.07, 6.45) is 1.38. The van der Waals surface area contributed by atoms with Crippen LogP contribution in [0, 0.1) is 22.7 Å². The van der Waals surface area contributed by atoms with Gasteiger partial charge in [-0.25, -0.2) is 0 Å². The van der Waals surface area contributed by atoms with Crippen LogP contribution in [0.4, 0.5) is 0 Å².